The number of aliphatic hydroxyl groups is 1. The zero-order chi connectivity index (χ0) is 20.1. The number of hydrogen-bond donors (Lipinski definition) is 1. The molecule has 0 fully saturated rings. The van der Waals surface area contributed by atoms with Gasteiger partial charge in [0.05, 0.1) is 6.10 Å². The van der Waals surface area contributed by atoms with Crippen LogP contribution in [0.1, 0.15) is 51.3 Å². The maximum Gasteiger partial charge on any atom is 0.0870 e. The molecule has 4 aromatic rings. The van der Waals surface area contributed by atoms with Gasteiger partial charge in [0, 0.05) is 17.3 Å². The molecule has 2 aliphatic carbocycles. The molecule has 0 heterocycles. The lowest BCUT2D eigenvalue weighted by molar-refractivity contribution is 0.0237. The molecule has 4 atom stereocenters. The Balaban J connectivity index is 1.66. The normalized spacial score (nSPS) is 26.1. The molecular weight excluding hydrogens is 364 g/mol. The Morgan fingerprint density at radius 2 is 1.00 bits per heavy atom. The lowest BCUT2D eigenvalue weighted by Crippen LogP contribution is -2.35. The molecule has 0 spiro atoms. The van der Waals surface area contributed by atoms with Gasteiger partial charge in [0.25, 0.3) is 0 Å². The summed E-state index contributed by atoms with van der Waals surface area (Å²) < 4.78 is 0. The topological polar surface area (TPSA) is 20.2 Å². The van der Waals surface area contributed by atoms with Gasteiger partial charge in [-0.1, -0.05) is 109 Å². The van der Waals surface area contributed by atoms with E-state index in [1.165, 1.54) is 27.8 Å². The van der Waals surface area contributed by atoms with Gasteiger partial charge in [0.2, 0.25) is 0 Å². The van der Waals surface area contributed by atoms with Crippen LogP contribution >= 0.6 is 0 Å². The Hall–Kier alpha value is -3.16. The van der Waals surface area contributed by atoms with Crippen molar-refractivity contribution in [3.63, 3.8) is 0 Å². The molecule has 6 rings (SSSR count). The van der Waals surface area contributed by atoms with Crippen molar-refractivity contribution in [3.05, 3.63) is 143 Å². The molecule has 0 bridgehead atoms. The van der Waals surface area contributed by atoms with E-state index in [9.17, 15) is 5.11 Å². The Morgan fingerprint density at radius 1 is 0.533 bits per heavy atom. The Bertz CT molecular complexity index is 1180. The molecule has 4 aromatic carbocycles. The fraction of sp³-hybridized carbons (Fsp3) is 0.172. The van der Waals surface area contributed by atoms with Gasteiger partial charge >= 0.3 is 0 Å². The fourth-order valence-electron chi connectivity index (χ4n) is 6.25. The molecule has 146 valence electrons. The van der Waals surface area contributed by atoms with E-state index in [0.29, 0.717) is 0 Å². The Morgan fingerprint density at radius 3 is 1.63 bits per heavy atom. The number of fused-ring (bicyclic) bond motifs is 5. The van der Waals surface area contributed by atoms with Crippen LogP contribution in [0.25, 0.3) is 0 Å². The maximum absolute atomic E-state index is 12.0. The summed E-state index contributed by atoms with van der Waals surface area (Å²) >= 11 is 0. The molecule has 1 nitrogen and oxygen atoms in total. The Kier molecular flexibility index (Phi) is 3.94. The molecule has 0 aliphatic heterocycles. The number of benzene rings is 4. The van der Waals surface area contributed by atoms with Crippen LogP contribution in [0.5, 0.6) is 0 Å². The van der Waals surface area contributed by atoms with Gasteiger partial charge in [-0.05, 0) is 39.8 Å². The Labute approximate surface area is 177 Å². The van der Waals surface area contributed by atoms with Crippen LogP contribution in [0, 0.1) is 5.41 Å². The third-order valence-corrected chi connectivity index (χ3v) is 7.29. The van der Waals surface area contributed by atoms with Crippen molar-refractivity contribution in [3.8, 4) is 0 Å². The van der Waals surface area contributed by atoms with Crippen LogP contribution in [0.2, 0.25) is 0 Å². The fourth-order valence-corrected chi connectivity index (χ4v) is 6.25. The summed E-state index contributed by atoms with van der Waals surface area (Å²) in [5.74, 6) is 0.327. The minimum atomic E-state index is -0.517. The van der Waals surface area contributed by atoms with Crippen LogP contribution in [0.4, 0.5) is 0 Å². The summed E-state index contributed by atoms with van der Waals surface area (Å²) in [6, 6.07) is 38.8. The second kappa shape index (κ2) is 6.68. The van der Waals surface area contributed by atoms with E-state index >= 15 is 0 Å². The SMILES string of the molecule is OC1c2ccccc2C2c3ccccc3C(c3ccccc3)C12Cc1ccccc1. The highest BCUT2D eigenvalue weighted by atomic mass is 16.3. The molecule has 0 amide bonds. The first kappa shape index (κ1) is 17.7. The minimum absolute atomic E-state index is 0.141. The van der Waals surface area contributed by atoms with E-state index in [1.54, 1.807) is 0 Å². The first-order valence-corrected chi connectivity index (χ1v) is 10.8. The summed E-state index contributed by atoms with van der Waals surface area (Å²) in [7, 11) is 0. The molecule has 0 saturated carbocycles. The van der Waals surface area contributed by atoms with Gasteiger partial charge in [-0.15, -0.1) is 0 Å². The van der Waals surface area contributed by atoms with Gasteiger partial charge in [-0.3, -0.25) is 0 Å². The monoisotopic (exact) mass is 388 g/mol. The highest BCUT2D eigenvalue weighted by Crippen LogP contribution is 2.70. The third kappa shape index (κ3) is 2.33. The van der Waals surface area contributed by atoms with E-state index in [1.807, 2.05) is 0 Å². The first-order chi connectivity index (χ1) is 14.8. The van der Waals surface area contributed by atoms with E-state index in [4.69, 9.17) is 0 Å². The van der Waals surface area contributed by atoms with Gasteiger partial charge in [-0.2, -0.15) is 0 Å². The van der Waals surface area contributed by atoms with Crippen molar-refractivity contribution in [1.29, 1.82) is 0 Å². The van der Waals surface area contributed by atoms with Crippen LogP contribution in [-0.2, 0) is 6.42 Å². The zero-order valence-corrected chi connectivity index (χ0v) is 16.8. The second-order valence-electron chi connectivity index (χ2n) is 8.71. The van der Waals surface area contributed by atoms with Crippen LogP contribution in [-0.4, -0.2) is 5.11 Å². The molecule has 4 unspecified atom stereocenters. The number of rotatable bonds is 3. The molecule has 0 radical (unpaired) electrons. The largest absolute Gasteiger partial charge is 0.388 e. The van der Waals surface area contributed by atoms with Gasteiger partial charge in [0.15, 0.2) is 0 Å². The summed E-state index contributed by atoms with van der Waals surface area (Å²) in [6.07, 6.45) is 0.319. The standard InChI is InChI=1S/C29H24O/c30-28-25-18-10-9-17-24(25)27-23-16-8-7-15-22(23)26(21-13-5-2-6-14-21)29(27,28)19-20-11-3-1-4-12-20/h1-18,26-28,30H,19H2. The van der Waals surface area contributed by atoms with Crippen LogP contribution < -0.4 is 0 Å². The van der Waals surface area contributed by atoms with E-state index in [-0.39, 0.29) is 17.3 Å². The average Bonchev–Trinajstić information content (AvgIpc) is 3.22. The highest BCUT2D eigenvalue weighted by molar-refractivity contribution is 5.60. The summed E-state index contributed by atoms with van der Waals surface area (Å²) in [5, 5.41) is 12.0. The second-order valence-corrected chi connectivity index (χ2v) is 8.71. The van der Waals surface area contributed by atoms with Crippen molar-refractivity contribution >= 4 is 0 Å². The summed E-state index contributed by atoms with van der Waals surface area (Å²) in [4.78, 5) is 0. The predicted molar refractivity (Wildman–Crippen MR) is 121 cm³/mol. The number of hydrogen-bond acceptors (Lipinski definition) is 1. The van der Waals surface area contributed by atoms with Crippen molar-refractivity contribution in [2.75, 3.05) is 0 Å². The molecule has 2 aliphatic rings. The molecular formula is C29H24O. The predicted octanol–water partition coefficient (Wildman–Crippen LogP) is 6.24. The molecule has 0 saturated heterocycles. The minimum Gasteiger partial charge on any atom is -0.388 e. The number of aliphatic hydroxyl groups excluding tert-OH is 1. The highest BCUT2D eigenvalue weighted by Gasteiger charge is 2.62. The maximum atomic E-state index is 12.0. The van der Waals surface area contributed by atoms with Crippen molar-refractivity contribution in [1.82, 2.24) is 0 Å². The quantitative estimate of drug-likeness (QED) is 0.440. The average molecular weight is 389 g/mol. The third-order valence-electron chi connectivity index (χ3n) is 7.29. The molecule has 1 heteroatoms. The van der Waals surface area contributed by atoms with Crippen molar-refractivity contribution in [2.24, 2.45) is 5.41 Å². The van der Waals surface area contributed by atoms with Gasteiger partial charge in [-0.25, -0.2) is 0 Å². The van der Waals surface area contributed by atoms with E-state index < -0.39 is 6.10 Å². The summed E-state index contributed by atoms with van der Waals surface area (Å²) in [5.41, 5.74) is 7.33. The molecule has 30 heavy (non-hydrogen) atoms. The van der Waals surface area contributed by atoms with Crippen molar-refractivity contribution in [2.45, 2.75) is 24.4 Å². The van der Waals surface area contributed by atoms with Crippen LogP contribution in [0.3, 0.4) is 0 Å². The zero-order valence-electron chi connectivity index (χ0n) is 16.8. The lowest BCUT2D eigenvalue weighted by atomic mass is 9.63. The van der Waals surface area contributed by atoms with Gasteiger partial charge in [0.1, 0.15) is 0 Å². The summed E-state index contributed by atoms with van der Waals surface area (Å²) in [6.45, 7) is 0. The molecule has 0 aromatic heterocycles. The first-order valence-electron chi connectivity index (χ1n) is 10.8. The van der Waals surface area contributed by atoms with Crippen LogP contribution in [0.15, 0.2) is 109 Å². The molecule has 1 N–H and O–H groups in total. The lowest BCUT2D eigenvalue weighted by Gasteiger charge is -2.40. The van der Waals surface area contributed by atoms with E-state index in [2.05, 4.69) is 109 Å². The van der Waals surface area contributed by atoms with Crippen molar-refractivity contribution < 1.29 is 5.11 Å². The van der Waals surface area contributed by atoms with Gasteiger partial charge < -0.3 is 5.11 Å². The smallest absolute Gasteiger partial charge is 0.0870 e. The van der Waals surface area contributed by atoms with E-state index in [0.717, 1.165) is 12.0 Å².